The van der Waals surface area contributed by atoms with Crippen molar-refractivity contribution < 1.29 is 0 Å². The summed E-state index contributed by atoms with van der Waals surface area (Å²) in [4.78, 5) is 0. The minimum Gasteiger partial charge on any atom is -0.272 e. The van der Waals surface area contributed by atoms with E-state index in [-0.39, 0.29) is 5.24 Å². The molecule has 0 unspecified atom stereocenters. The van der Waals surface area contributed by atoms with Crippen molar-refractivity contribution in [2.45, 2.75) is 12.2 Å². The van der Waals surface area contributed by atoms with Crippen molar-refractivity contribution in [2.24, 2.45) is 0 Å². The average Bonchev–Trinajstić information content (AvgIpc) is 2.11. The molecule has 0 radical (unpaired) electrons. The van der Waals surface area contributed by atoms with Gasteiger partial charge in [0, 0.05) is 5.56 Å². The lowest BCUT2D eigenvalue weighted by Crippen LogP contribution is -2.36. The van der Waals surface area contributed by atoms with Gasteiger partial charge in [0.1, 0.15) is 28.7 Å². The van der Waals surface area contributed by atoms with E-state index >= 15 is 0 Å². The van der Waals surface area contributed by atoms with E-state index in [1.165, 1.54) is 0 Å². The molecule has 1 aromatic rings. The van der Waals surface area contributed by atoms with Crippen LogP contribution in [-0.2, 0) is 5.24 Å². The summed E-state index contributed by atoms with van der Waals surface area (Å²) < 4.78 is 1.82. The Labute approximate surface area is 74.5 Å². The van der Waals surface area contributed by atoms with Gasteiger partial charge in [-0.3, -0.25) is 4.68 Å². The summed E-state index contributed by atoms with van der Waals surface area (Å²) in [5.74, 6) is 0. The predicted octanol–water partition coefficient (Wildman–Crippen LogP) is -1.69. The van der Waals surface area contributed by atoms with Crippen LogP contribution in [0.15, 0.2) is 6.20 Å². The molecule has 0 aromatic carbocycles. The number of hydrogen-bond donors (Lipinski definition) is 0. The number of halogens is 1. The Balaban J connectivity index is 3.15. The molecule has 2 nitrogen and oxygen atoms in total. The van der Waals surface area contributed by atoms with E-state index in [4.69, 9.17) is 11.6 Å². The van der Waals surface area contributed by atoms with Crippen LogP contribution in [0.2, 0.25) is 5.15 Å². The number of nitrogens with zero attached hydrogens (tertiary/aromatic N) is 2. The number of hydrogen-bond acceptors (Lipinski definition) is 1. The Hall–Kier alpha value is -0.305. The maximum atomic E-state index is 5.99. The molecule has 0 amide bonds. The monoisotopic (exact) mass is 166 g/mol. The molecule has 0 saturated carbocycles. The second-order valence-corrected chi connectivity index (χ2v) is 4.06. The zero-order valence-electron chi connectivity index (χ0n) is 7.35. The molecule has 11 heavy (non-hydrogen) atoms. The molecule has 0 saturated heterocycles. The normalized spacial score (nSPS) is 11.8. The van der Waals surface area contributed by atoms with Gasteiger partial charge in [-0.05, 0) is 12.2 Å². The van der Waals surface area contributed by atoms with E-state index in [0.717, 1.165) is 10.7 Å². The van der Waals surface area contributed by atoms with E-state index < -0.39 is 0 Å². The van der Waals surface area contributed by atoms with Crippen molar-refractivity contribution in [3.63, 3.8) is 0 Å². The third-order valence-corrected chi connectivity index (χ3v) is 1.97. The molecule has 0 aliphatic carbocycles. The van der Waals surface area contributed by atoms with Gasteiger partial charge in [-0.2, -0.15) is 5.10 Å². The van der Waals surface area contributed by atoms with E-state index in [0.29, 0.717) is 0 Å². The van der Waals surface area contributed by atoms with Gasteiger partial charge in [0.05, 0.1) is 6.20 Å². The van der Waals surface area contributed by atoms with Crippen LogP contribution in [0.4, 0.5) is 0 Å². The molecule has 0 spiro atoms. The highest BCUT2D eigenvalue weighted by Crippen LogP contribution is 2.17. The standard InChI is InChI=1S/C5H10B3ClN2/c1-3-2-10-11(4(3)9)5(6,7)8/h2H,6-8H2,1H3. The van der Waals surface area contributed by atoms with E-state index in [9.17, 15) is 0 Å². The van der Waals surface area contributed by atoms with Crippen LogP contribution in [-0.4, -0.2) is 33.3 Å². The maximum Gasteiger partial charge on any atom is 0.128 e. The fraction of sp³-hybridized carbons (Fsp3) is 0.400. The van der Waals surface area contributed by atoms with Crippen LogP contribution in [0.1, 0.15) is 5.56 Å². The van der Waals surface area contributed by atoms with Gasteiger partial charge < -0.3 is 0 Å². The third-order valence-electron chi connectivity index (χ3n) is 1.51. The van der Waals surface area contributed by atoms with Crippen molar-refractivity contribution in [3.05, 3.63) is 16.9 Å². The third kappa shape index (κ3) is 1.64. The topological polar surface area (TPSA) is 17.8 Å². The smallest absolute Gasteiger partial charge is 0.128 e. The second kappa shape index (κ2) is 2.63. The first kappa shape index (κ1) is 8.79. The Morgan fingerprint density at radius 2 is 2.09 bits per heavy atom. The van der Waals surface area contributed by atoms with Gasteiger partial charge in [0.2, 0.25) is 0 Å². The molecule has 1 rings (SSSR count). The first-order valence-electron chi connectivity index (χ1n) is 3.63. The lowest BCUT2D eigenvalue weighted by Gasteiger charge is -2.20. The summed E-state index contributed by atoms with van der Waals surface area (Å²) in [6, 6.07) is 0. The second-order valence-electron chi connectivity index (χ2n) is 3.70. The quantitative estimate of drug-likeness (QED) is 0.455. The zero-order chi connectivity index (χ0) is 8.65. The highest BCUT2D eigenvalue weighted by atomic mass is 35.5. The van der Waals surface area contributed by atoms with Gasteiger partial charge in [0.25, 0.3) is 0 Å². The van der Waals surface area contributed by atoms with Gasteiger partial charge in [-0.1, -0.05) is 11.6 Å². The fourth-order valence-corrected chi connectivity index (χ4v) is 1.23. The van der Waals surface area contributed by atoms with Crippen molar-refractivity contribution in [1.29, 1.82) is 0 Å². The molecule has 6 heteroatoms. The minimum atomic E-state index is -0.0225. The van der Waals surface area contributed by atoms with Crippen molar-refractivity contribution in [1.82, 2.24) is 9.78 Å². The summed E-state index contributed by atoms with van der Waals surface area (Å²) in [7, 11) is 6.22. The van der Waals surface area contributed by atoms with Crippen LogP contribution >= 0.6 is 11.6 Å². The van der Waals surface area contributed by atoms with Gasteiger partial charge in [-0.25, -0.2) is 0 Å². The summed E-state index contributed by atoms with van der Waals surface area (Å²) >= 11 is 5.99. The van der Waals surface area contributed by atoms with Gasteiger partial charge in [0.15, 0.2) is 0 Å². The Morgan fingerprint density at radius 3 is 2.27 bits per heavy atom. The molecular weight excluding hydrogens is 156 g/mol. The number of aromatic nitrogens is 2. The highest BCUT2D eigenvalue weighted by molar-refractivity contribution is 6.56. The predicted molar refractivity (Wildman–Crippen MR) is 55.6 cm³/mol. The maximum absolute atomic E-state index is 5.99. The minimum absolute atomic E-state index is 0.0225. The number of rotatable bonds is 1. The first-order chi connectivity index (χ1) is 4.93. The van der Waals surface area contributed by atoms with Crippen LogP contribution in [0, 0.1) is 6.92 Å². The summed E-state index contributed by atoms with van der Waals surface area (Å²) in [5, 5.41) is 4.88. The summed E-state index contributed by atoms with van der Waals surface area (Å²) in [6.07, 6.45) is 1.79. The largest absolute Gasteiger partial charge is 0.272 e. The van der Waals surface area contributed by atoms with E-state index in [1.54, 1.807) is 6.20 Å². The molecule has 0 bridgehead atoms. The Bertz CT molecular complexity index is 265. The highest BCUT2D eigenvalue weighted by Gasteiger charge is 2.17. The lowest BCUT2D eigenvalue weighted by molar-refractivity contribution is 0.672. The fourth-order valence-electron chi connectivity index (χ4n) is 0.883. The molecule has 0 aliphatic rings. The molecule has 0 atom stereocenters. The van der Waals surface area contributed by atoms with E-state index in [2.05, 4.69) is 28.6 Å². The number of aryl methyl sites for hydroxylation is 1. The summed E-state index contributed by atoms with van der Waals surface area (Å²) in [5.41, 5.74) is 1.03. The van der Waals surface area contributed by atoms with E-state index in [1.807, 2.05) is 11.6 Å². The molecule has 56 valence electrons. The average molecular weight is 166 g/mol. The Kier molecular flexibility index (Phi) is 2.10. The molecule has 1 heterocycles. The molecule has 0 aliphatic heterocycles. The zero-order valence-corrected chi connectivity index (χ0v) is 8.11. The van der Waals surface area contributed by atoms with Crippen molar-refractivity contribution >= 4 is 35.1 Å². The first-order valence-corrected chi connectivity index (χ1v) is 4.01. The molecule has 1 aromatic heterocycles. The van der Waals surface area contributed by atoms with Gasteiger partial charge >= 0.3 is 0 Å². The van der Waals surface area contributed by atoms with Crippen molar-refractivity contribution in [2.75, 3.05) is 0 Å². The Morgan fingerprint density at radius 1 is 1.55 bits per heavy atom. The van der Waals surface area contributed by atoms with Crippen LogP contribution < -0.4 is 0 Å². The lowest BCUT2D eigenvalue weighted by atomic mass is 9.49. The SMILES string of the molecule is BC(B)(B)n1ncc(C)c1Cl. The molecular formula is C5H10B3ClN2. The molecule has 0 fully saturated rings. The van der Waals surface area contributed by atoms with Crippen LogP contribution in [0.5, 0.6) is 0 Å². The molecule has 0 N–H and O–H groups in total. The summed E-state index contributed by atoms with van der Waals surface area (Å²) in [6.45, 7) is 1.96. The van der Waals surface area contributed by atoms with Crippen molar-refractivity contribution in [3.8, 4) is 0 Å². The van der Waals surface area contributed by atoms with Crippen LogP contribution in [0.3, 0.4) is 0 Å². The van der Waals surface area contributed by atoms with Gasteiger partial charge in [-0.15, -0.1) is 0 Å². The van der Waals surface area contributed by atoms with Crippen LogP contribution in [0.25, 0.3) is 0 Å².